The molecule has 0 saturated carbocycles. The van der Waals surface area contributed by atoms with E-state index in [2.05, 4.69) is 5.32 Å². The molecule has 0 aliphatic heterocycles. The third kappa shape index (κ3) is 10.1. The number of hydrogen-bond donors (Lipinski definition) is 1. The standard InChI is InChI=1S/C32H38Cl3N3O4S/c1-22-26(34)13-9-14-28(22)38(43(5,41)42)18-10-15-30(39)37(21-24-16-17-25(33)20-27(24)35)29(31(40)36-32(2,3)4)19-23-11-7-6-8-12-23/h6-9,11-14,16-17,20,29H,10,15,18-19,21H2,1-5H3,(H,36,40). The van der Waals surface area contributed by atoms with Gasteiger partial charge in [0, 0.05) is 46.5 Å². The second-order valence-electron chi connectivity index (χ2n) is 11.5. The zero-order chi connectivity index (χ0) is 31.9. The summed E-state index contributed by atoms with van der Waals surface area (Å²) in [5.74, 6) is -0.616. The van der Waals surface area contributed by atoms with Crippen molar-refractivity contribution in [2.75, 3.05) is 17.1 Å². The van der Waals surface area contributed by atoms with Gasteiger partial charge in [-0.1, -0.05) is 77.3 Å². The van der Waals surface area contributed by atoms with Crippen LogP contribution in [0.3, 0.4) is 0 Å². The average molecular weight is 667 g/mol. The van der Waals surface area contributed by atoms with E-state index in [1.54, 1.807) is 43.3 Å². The Morgan fingerprint density at radius 1 is 0.930 bits per heavy atom. The Morgan fingerprint density at radius 2 is 1.60 bits per heavy atom. The molecule has 0 radical (unpaired) electrons. The second-order valence-corrected chi connectivity index (χ2v) is 14.7. The fourth-order valence-corrected chi connectivity index (χ4v) is 6.34. The van der Waals surface area contributed by atoms with Crippen molar-refractivity contribution in [1.82, 2.24) is 10.2 Å². The number of nitrogens with one attached hydrogen (secondary N) is 1. The number of amides is 2. The molecule has 232 valence electrons. The average Bonchev–Trinajstić information content (AvgIpc) is 2.90. The normalized spacial score (nSPS) is 12.5. The summed E-state index contributed by atoms with van der Waals surface area (Å²) in [4.78, 5) is 29.3. The molecule has 43 heavy (non-hydrogen) atoms. The Morgan fingerprint density at radius 3 is 2.21 bits per heavy atom. The molecule has 11 heteroatoms. The van der Waals surface area contributed by atoms with Crippen molar-refractivity contribution in [3.05, 3.63) is 98.5 Å². The molecule has 3 rings (SSSR count). The van der Waals surface area contributed by atoms with Crippen molar-refractivity contribution in [3.8, 4) is 0 Å². The summed E-state index contributed by atoms with van der Waals surface area (Å²) in [6.07, 6.45) is 1.60. The zero-order valence-corrected chi connectivity index (χ0v) is 28.1. The van der Waals surface area contributed by atoms with Crippen molar-refractivity contribution < 1.29 is 18.0 Å². The van der Waals surface area contributed by atoms with Gasteiger partial charge >= 0.3 is 0 Å². The highest BCUT2D eigenvalue weighted by Crippen LogP contribution is 2.29. The first kappa shape index (κ1) is 34.7. The van der Waals surface area contributed by atoms with Gasteiger partial charge in [0.25, 0.3) is 0 Å². The molecule has 0 heterocycles. The molecule has 3 aromatic rings. The number of hydrogen-bond acceptors (Lipinski definition) is 4. The van der Waals surface area contributed by atoms with E-state index in [4.69, 9.17) is 34.8 Å². The number of sulfonamides is 1. The molecule has 3 aromatic carbocycles. The summed E-state index contributed by atoms with van der Waals surface area (Å²) in [6, 6.07) is 18.7. The van der Waals surface area contributed by atoms with Gasteiger partial charge in [-0.05, 0) is 75.1 Å². The van der Waals surface area contributed by atoms with E-state index >= 15 is 0 Å². The fourth-order valence-electron chi connectivity index (χ4n) is 4.69. The van der Waals surface area contributed by atoms with Gasteiger partial charge in [-0.2, -0.15) is 0 Å². The molecule has 1 unspecified atom stereocenters. The first-order valence-corrected chi connectivity index (χ1v) is 16.9. The van der Waals surface area contributed by atoms with Crippen LogP contribution in [0.5, 0.6) is 0 Å². The highest BCUT2D eigenvalue weighted by Gasteiger charge is 2.32. The summed E-state index contributed by atoms with van der Waals surface area (Å²) in [6.45, 7) is 7.51. The first-order chi connectivity index (χ1) is 20.1. The number of nitrogens with zero attached hydrogens (tertiary/aromatic N) is 2. The summed E-state index contributed by atoms with van der Waals surface area (Å²) in [5, 5.41) is 4.30. The first-order valence-electron chi connectivity index (χ1n) is 13.9. The molecule has 2 amide bonds. The fraction of sp³-hybridized carbons (Fsp3) is 0.375. The minimum atomic E-state index is -3.67. The molecular weight excluding hydrogens is 629 g/mol. The van der Waals surface area contributed by atoms with E-state index in [0.29, 0.717) is 31.9 Å². The van der Waals surface area contributed by atoms with E-state index in [0.717, 1.165) is 11.8 Å². The molecule has 0 saturated heterocycles. The van der Waals surface area contributed by atoms with Crippen molar-refractivity contribution in [3.63, 3.8) is 0 Å². The van der Waals surface area contributed by atoms with Crippen LogP contribution >= 0.6 is 34.8 Å². The molecule has 0 fully saturated rings. The largest absolute Gasteiger partial charge is 0.350 e. The maximum atomic E-state index is 14.0. The lowest BCUT2D eigenvalue weighted by atomic mass is 10.00. The molecule has 0 aliphatic carbocycles. The quantitative estimate of drug-likeness (QED) is 0.224. The number of carbonyl (C=O) groups is 2. The lowest BCUT2D eigenvalue weighted by molar-refractivity contribution is -0.142. The van der Waals surface area contributed by atoms with Crippen LogP contribution in [0.25, 0.3) is 0 Å². The van der Waals surface area contributed by atoms with Gasteiger partial charge in [0.15, 0.2) is 0 Å². The van der Waals surface area contributed by atoms with Crippen LogP contribution in [-0.2, 0) is 32.6 Å². The molecule has 1 N–H and O–H groups in total. The number of carbonyl (C=O) groups excluding carboxylic acids is 2. The predicted octanol–water partition coefficient (Wildman–Crippen LogP) is 7.06. The Bertz CT molecular complexity index is 1540. The number of halogens is 3. The Labute approximate surface area is 270 Å². The molecule has 7 nitrogen and oxygen atoms in total. The van der Waals surface area contributed by atoms with E-state index < -0.39 is 21.6 Å². The van der Waals surface area contributed by atoms with Gasteiger partial charge in [0.05, 0.1) is 11.9 Å². The van der Waals surface area contributed by atoms with Crippen LogP contribution in [-0.4, -0.2) is 49.5 Å². The minimum absolute atomic E-state index is 0.00900. The van der Waals surface area contributed by atoms with Crippen LogP contribution in [0.15, 0.2) is 66.7 Å². The van der Waals surface area contributed by atoms with Crippen LogP contribution in [0.2, 0.25) is 15.1 Å². The molecule has 1 atom stereocenters. The van der Waals surface area contributed by atoms with Gasteiger partial charge < -0.3 is 10.2 Å². The molecular formula is C32H38Cl3N3O4S. The second kappa shape index (κ2) is 14.8. The maximum absolute atomic E-state index is 14.0. The van der Waals surface area contributed by atoms with Gasteiger partial charge in [0.2, 0.25) is 21.8 Å². The van der Waals surface area contributed by atoms with Crippen molar-refractivity contribution in [2.45, 2.75) is 65.1 Å². The highest BCUT2D eigenvalue weighted by molar-refractivity contribution is 7.92. The molecule has 0 aromatic heterocycles. The molecule has 0 aliphatic rings. The third-order valence-electron chi connectivity index (χ3n) is 6.79. The minimum Gasteiger partial charge on any atom is -0.350 e. The smallest absolute Gasteiger partial charge is 0.243 e. The zero-order valence-electron chi connectivity index (χ0n) is 25.0. The van der Waals surface area contributed by atoms with Crippen LogP contribution in [0, 0.1) is 6.92 Å². The maximum Gasteiger partial charge on any atom is 0.243 e. The SMILES string of the molecule is Cc1c(Cl)cccc1N(CCCC(=O)N(Cc1ccc(Cl)cc1Cl)C(Cc1ccccc1)C(=O)NC(C)(C)C)S(C)(=O)=O. The summed E-state index contributed by atoms with van der Waals surface area (Å²) in [5.41, 5.74) is 2.06. The lowest BCUT2D eigenvalue weighted by Gasteiger charge is -2.34. The number of benzene rings is 3. The molecule has 0 bridgehead atoms. The van der Waals surface area contributed by atoms with E-state index in [1.807, 2.05) is 51.1 Å². The van der Waals surface area contributed by atoms with E-state index in [1.165, 1.54) is 9.21 Å². The van der Waals surface area contributed by atoms with Gasteiger partial charge in [-0.25, -0.2) is 8.42 Å². The van der Waals surface area contributed by atoms with Gasteiger partial charge in [0.1, 0.15) is 6.04 Å². The Kier molecular flexibility index (Phi) is 11.9. The Hall–Kier alpha value is -2.78. The highest BCUT2D eigenvalue weighted by atomic mass is 35.5. The van der Waals surface area contributed by atoms with Crippen LogP contribution < -0.4 is 9.62 Å². The lowest BCUT2D eigenvalue weighted by Crippen LogP contribution is -2.54. The van der Waals surface area contributed by atoms with Crippen molar-refractivity contribution in [2.24, 2.45) is 0 Å². The van der Waals surface area contributed by atoms with Gasteiger partial charge in [-0.15, -0.1) is 0 Å². The number of anilines is 1. The summed E-state index contributed by atoms with van der Waals surface area (Å²) in [7, 11) is -3.67. The summed E-state index contributed by atoms with van der Waals surface area (Å²) < 4.78 is 26.8. The Balaban J connectivity index is 1.95. The number of rotatable bonds is 12. The monoisotopic (exact) mass is 665 g/mol. The third-order valence-corrected chi connectivity index (χ3v) is 8.96. The van der Waals surface area contributed by atoms with Crippen molar-refractivity contribution in [1.29, 1.82) is 0 Å². The van der Waals surface area contributed by atoms with Crippen LogP contribution in [0.1, 0.15) is 50.3 Å². The van der Waals surface area contributed by atoms with E-state index in [9.17, 15) is 18.0 Å². The van der Waals surface area contributed by atoms with E-state index in [-0.39, 0.29) is 44.2 Å². The summed E-state index contributed by atoms with van der Waals surface area (Å²) >= 11 is 18.9. The predicted molar refractivity (Wildman–Crippen MR) is 176 cm³/mol. The van der Waals surface area contributed by atoms with Crippen molar-refractivity contribution >= 4 is 62.3 Å². The topological polar surface area (TPSA) is 86.8 Å². The van der Waals surface area contributed by atoms with Crippen LogP contribution in [0.4, 0.5) is 5.69 Å². The molecule has 0 spiro atoms. The van der Waals surface area contributed by atoms with Gasteiger partial charge in [-0.3, -0.25) is 13.9 Å².